The number of aryl methyl sites for hydroxylation is 2. The predicted octanol–water partition coefficient (Wildman–Crippen LogP) is 6.40. The molecule has 0 spiro atoms. The van der Waals surface area contributed by atoms with Gasteiger partial charge in [0.15, 0.2) is 0 Å². The first-order valence-electron chi connectivity index (χ1n) is 11.4. The van der Waals surface area contributed by atoms with E-state index in [0.717, 1.165) is 33.4 Å². The molecule has 7 heteroatoms. The van der Waals surface area contributed by atoms with Crippen molar-refractivity contribution in [1.29, 1.82) is 0 Å². The average molecular weight is 487 g/mol. The van der Waals surface area contributed by atoms with E-state index in [1.807, 2.05) is 38.1 Å². The Kier molecular flexibility index (Phi) is 7.87. The van der Waals surface area contributed by atoms with Gasteiger partial charge in [-0.3, -0.25) is 4.57 Å². The van der Waals surface area contributed by atoms with E-state index in [9.17, 15) is 23.8 Å². The van der Waals surface area contributed by atoms with Gasteiger partial charge in [0, 0.05) is 6.42 Å². The van der Waals surface area contributed by atoms with Gasteiger partial charge in [0.1, 0.15) is 17.3 Å². The Balaban J connectivity index is 1.86. The first-order valence-corrected chi connectivity index (χ1v) is 13.0. The van der Waals surface area contributed by atoms with Crippen LogP contribution in [0, 0.1) is 19.7 Å². The number of hydrogen-bond acceptors (Lipinski definition) is 3. The van der Waals surface area contributed by atoms with Crippen LogP contribution >= 0.6 is 7.60 Å². The maximum absolute atomic E-state index is 13.2. The van der Waals surface area contributed by atoms with E-state index in [0.29, 0.717) is 18.6 Å². The lowest BCUT2D eigenvalue weighted by Crippen LogP contribution is -2.34. The topological polar surface area (TPSA) is 87.0 Å². The summed E-state index contributed by atoms with van der Waals surface area (Å²) < 4.78 is 31.3. The van der Waals surface area contributed by atoms with Crippen LogP contribution in [0.3, 0.4) is 0 Å². The first kappa shape index (κ1) is 26.0. The molecule has 0 radical (unpaired) electrons. The van der Waals surface area contributed by atoms with E-state index in [1.54, 1.807) is 32.0 Å². The summed E-state index contributed by atoms with van der Waals surface area (Å²) in [4.78, 5) is 19.8. The van der Waals surface area contributed by atoms with Crippen molar-refractivity contribution < 1.29 is 28.6 Å². The van der Waals surface area contributed by atoms with E-state index in [4.69, 9.17) is 4.74 Å². The molecule has 0 bridgehead atoms. The predicted molar refractivity (Wildman–Crippen MR) is 132 cm³/mol. The fraction of sp³-hybridized carbons (Fsp3) is 0.333. The summed E-state index contributed by atoms with van der Waals surface area (Å²) >= 11 is 0. The second-order valence-corrected chi connectivity index (χ2v) is 10.7. The Labute approximate surface area is 200 Å². The summed E-state index contributed by atoms with van der Waals surface area (Å²) in [5.41, 5.74) is 5.67. The van der Waals surface area contributed by atoms with E-state index >= 15 is 0 Å². The summed E-state index contributed by atoms with van der Waals surface area (Å²) in [6.07, 6.45) is 1.50. The van der Waals surface area contributed by atoms with Crippen molar-refractivity contribution in [1.82, 2.24) is 0 Å². The summed E-state index contributed by atoms with van der Waals surface area (Å²) in [5.74, 6) is 0.336. The van der Waals surface area contributed by atoms with Crippen LogP contribution in [-0.4, -0.2) is 20.2 Å². The lowest BCUT2D eigenvalue weighted by atomic mass is 9.93. The zero-order chi connectivity index (χ0) is 25.1. The average Bonchev–Trinajstić information content (AvgIpc) is 2.77. The van der Waals surface area contributed by atoms with Gasteiger partial charge >= 0.3 is 7.60 Å². The molecule has 0 heterocycles. The number of phenols is 1. The highest BCUT2D eigenvalue weighted by Crippen LogP contribution is 2.55. The molecule has 0 unspecified atom stereocenters. The summed E-state index contributed by atoms with van der Waals surface area (Å²) in [6.45, 7) is 7.33. The van der Waals surface area contributed by atoms with Gasteiger partial charge in [0.05, 0.1) is 0 Å². The van der Waals surface area contributed by atoms with Gasteiger partial charge in [-0.05, 0) is 96.8 Å². The SMILES string of the molecule is CCC(CC)(Oc1cc(C)c(Cc2ccc(O)c(Cc3ccc(F)cc3)c2)c(C)c1)P(=O)(O)O. The Morgan fingerprint density at radius 3 is 1.97 bits per heavy atom. The Morgan fingerprint density at radius 1 is 0.882 bits per heavy atom. The highest BCUT2D eigenvalue weighted by Gasteiger charge is 2.46. The minimum Gasteiger partial charge on any atom is -0.508 e. The van der Waals surface area contributed by atoms with E-state index in [-0.39, 0.29) is 24.4 Å². The van der Waals surface area contributed by atoms with Crippen molar-refractivity contribution in [2.24, 2.45) is 0 Å². The second kappa shape index (κ2) is 10.3. The molecule has 0 aromatic heterocycles. The summed E-state index contributed by atoms with van der Waals surface area (Å²) in [7, 11) is -4.48. The smallest absolute Gasteiger partial charge is 0.368 e. The van der Waals surface area contributed by atoms with E-state index < -0.39 is 12.9 Å². The largest absolute Gasteiger partial charge is 0.508 e. The fourth-order valence-electron chi connectivity index (χ4n) is 4.29. The van der Waals surface area contributed by atoms with Crippen LogP contribution in [0.2, 0.25) is 0 Å². The molecule has 182 valence electrons. The van der Waals surface area contributed by atoms with Crippen LogP contribution in [0.5, 0.6) is 11.5 Å². The molecule has 3 aromatic carbocycles. The van der Waals surface area contributed by atoms with Gasteiger partial charge in [-0.1, -0.05) is 38.1 Å². The van der Waals surface area contributed by atoms with Crippen LogP contribution in [0.1, 0.15) is 60.1 Å². The zero-order valence-corrected chi connectivity index (χ0v) is 20.9. The Hall–Kier alpha value is -2.66. The van der Waals surface area contributed by atoms with Gasteiger partial charge in [0.25, 0.3) is 0 Å². The molecule has 3 rings (SSSR count). The number of phenolic OH excluding ortho intramolecular Hbond substituents is 1. The van der Waals surface area contributed by atoms with Crippen molar-refractivity contribution in [2.75, 3.05) is 0 Å². The van der Waals surface area contributed by atoms with Crippen LogP contribution in [0.15, 0.2) is 54.6 Å². The molecule has 0 amide bonds. The van der Waals surface area contributed by atoms with Crippen LogP contribution in [0.25, 0.3) is 0 Å². The first-order chi connectivity index (χ1) is 16.0. The molecule has 0 saturated carbocycles. The second-order valence-electron chi connectivity index (χ2n) is 8.78. The number of ether oxygens (including phenoxy) is 1. The van der Waals surface area contributed by atoms with Gasteiger partial charge in [-0.25, -0.2) is 4.39 Å². The Morgan fingerprint density at radius 2 is 1.44 bits per heavy atom. The lowest BCUT2D eigenvalue weighted by Gasteiger charge is -2.33. The molecule has 0 aliphatic heterocycles. The molecule has 3 N–H and O–H groups in total. The number of rotatable bonds is 9. The third-order valence-electron chi connectivity index (χ3n) is 6.45. The maximum atomic E-state index is 13.2. The molecule has 0 fully saturated rings. The maximum Gasteiger partial charge on any atom is 0.368 e. The fourth-order valence-corrected chi connectivity index (χ4v) is 5.34. The quantitative estimate of drug-likeness (QED) is 0.305. The van der Waals surface area contributed by atoms with Crippen molar-refractivity contribution in [3.05, 3.63) is 93.8 Å². The number of benzene rings is 3. The standard InChI is InChI=1S/C27H32FO5P/c1-5-27(6-2,34(30,31)32)33-24-13-18(3)25(19(4)14-24)17-21-9-12-26(29)22(16-21)15-20-7-10-23(28)11-8-20/h7-14,16,29H,5-6,15,17H2,1-4H3,(H2,30,31,32). The molecule has 5 nitrogen and oxygen atoms in total. The number of halogens is 1. The summed E-state index contributed by atoms with van der Waals surface area (Å²) in [5, 5.41) is 8.79. The van der Waals surface area contributed by atoms with Crippen molar-refractivity contribution >= 4 is 7.60 Å². The highest BCUT2D eigenvalue weighted by atomic mass is 31.2. The molecule has 34 heavy (non-hydrogen) atoms. The van der Waals surface area contributed by atoms with Crippen molar-refractivity contribution in [3.8, 4) is 11.5 Å². The zero-order valence-electron chi connectivity index (χ0n) is 20.0. The minimum absolute atomic E-state index is 0.192. The van der Waals surface area contributed by atoms with Crippen molar-refractivity contribution in [3.63, 3.8) is 0 Å². The third-order valence-corrected chi connectivity index (χ3v) is 8.23. The van der Waals surface area contributed by atoms with E-state index in [2.05, 4.69) is 0 Å². The minimum atomic E-state index is -4.48. The monoisotopic (exact) mass is 486 g/mol. The number of hydrogen-bond donors (Lipinski definition) is 3. The number of aromatic hydroxyl groups is 1. The highest BCUT2D eigenvalue weighted by molar-refractivity contribution is 7.53. The molecule has 0 atom stereocenters. The van der Waals surface area contributed by atoms with Crippen LogP contribution < -0.4 is 4.74 Å². The molecule has 0 saturated heterocycles. The van der Waals surface area contributed by atoms with Gasteiger partial charge < -0.3 is 19.6 Å². The van der Waals surface area contributed by atoms with Gasteiger partial charge in [-0.15, -0.1) is 0 Å². The molecule has 0 aliphatic carbocycles. The molecule has 0 aliphatic rings. The molecule has 3 aromatic rings. The summed E-state index contributed by atoms with van der Waals surface area (Å²) in [6, 6.07) is 15.4. The van der Waals surface area contributed by atoms with Crippen molar-refractivity contribution in [2.45, 2.75) is 58.7 Å². The third kappa shape index (κ3) is 5.69. The molecular formula is C27H32FO5P. The van der Waals surface area contributed by atoms with Crippen LogP contribution in [-0.2, 0) is 17.4 Å². The normalized spacial score (nSPS) is 12.1. The lowest BCUT2D eigenvalue weighted by molar-refractivity contribution is 0.108. The van der Waals surface area contributed by atoms with Gasteiger partial charge in [-0.2, -0.15) is 0 Å². The molecular weight excluding hydrogens is 454 g/mol. The Bertz CT molecular complexity index is 1170. The van der Waals surface area contributed by atoms with Gasteiger partial charge in [0.2, 0.25) is 5.34 Å². The van der Waals surface area contributed by atoms with E-state index in [1.165, 1.54) is 12.1 Å². The van der Waals surface area contributed by atoms with Crippen LogP contribution in [0.4, 0.5) is 4.39 Å².